The van der Waals surface area contributed by atoms with Gasteiger partial charge in [-0.1, -0.05) is 0 Å². The van der Waals surface area contributed by atoms with E-state index in [0.717, 1.165) is 0 Å². The molecular formula is H4Al2BBa2O9Si3. The summed E-state index contributed by atoms with van der Waals surface area (Å²) in [6.45, 7) is 0. The Bertz CT molecular complexity index is 145. The van der Waals surface area contributed by atoms with E-state index < -0.39 is 27.5 Å². The maximum Gasteiger partial charge on any atom is 3.00 e. The monoisotopic (exact) mass is 573 g/mol. The second-order valence-electron chi connectivity index (χ2n) is 0.750. The van der Waals surface area contributed by atoms with E-state index in [2.05, 4.69) is 0 Å². The molecule has 17 heteroatoms. The van der Waals surface area contributed by atoms with Crippen molar-refractivity contribution < 1.29 is 47.9 Å². The van der Waals surface area contributed by atoms with Gasteiger partial charge in [0, 0.05) is 35.9 Å². The summed E-state index contributed by atoms with van der Waals surface area (Å²) in [4.78, 5) is 51.1. The van der Waals surface area contributed by atoms with Crippen LogP contribution >= 0.6 is 0 Å². The van der Waals surface area contributed by atoms with Crippen LogP contribution in [0.25, 0.3) is 0 Å². The molecule has 0 rings (SSSR count). The van der Waals surface area contributed by atoms with Gasteiger partial charge in [-0.05, 0) is 0 Å². The second-order valence-corrected chi connectivity index (χ2v) is 2.25. The molecule has 0 aromatic rings. The zero-order valence-electron chi connectivity index (χ0n) is 12.3. The van der Waals surface area contributed by atoms with Gasteiger partial charge in [0.05, 0.1) is 0 Å². The molecule has 0 spiro atoms. The van der Waals surface area contributed by atoms with Crippen molar-refractivity contribution in [1.82, 2.24) is 0 Å². The summed E-state index contributed by atoms with van der Waals surface area (Å²) in [5, 5.41) is 0. The van der Waals surface area contributed by atoms with Gasteiger partial charge in [-0.25, -0.2) is 0 Å². The van der Waals surface area contributed by atoms with Crippen molar-refractivity contribution in [3.8, 4) is 0 Å². The van der Waals surface area contributed by atoms with Crippen LogP contribution in [-0.4, -0.2) is 168 Å². The van der Waals surface area contributed by atoms with Crippen molar-refractivity contribution in [3.63, 3.8) is 0 Å². The smallest absolute Gasteiger partial charge is 1.00 e. The average molecular weight is 572 g/mol. The topological polar surface area (TPSA) is 190 Å². The van der Waals surface area contributed by atoms with Gasteiger partial charge < -0.3 is 47.9 Å². The Hall–Kier alpha value is 3.12. The average Bonchev–Trinajstić information content (AvgIpc) is 1.54. The van der Waals surface area contributed by atoms with E-state index in [4.69, 9.17) is 42.2 Å². The number of rotatable bonds is 0. The largest absolute Gasteiger partial charge is 3.00 e. The fourth-order valence-corrected chi connectivity index (χ4v) is 0. The normalized spacial score (nSPS) is 4.24. The molecule has 9 nitrogen and oxygen atoms in total. The molecule has 0 bridgehead atoms. The van der Waals surface area contributed by atoms with Crippen molar-refractivity contribution in [2.75, 3.05) is 0 Å². The molecule has 0 amide bonds. The first-order valence-corrected chi connectivity index (χ1v) is 5.51. The Morgan fingerprint density at radius 1 is 0.588 bits per heavy atom. The minimum Gasteiger partial charge on any atom is -1.00 e. The van der Waals surface area contributed by atoms with Crippen LogP contribution in [0.1, 0.15) is 5.71 Å². The quantitative estimate of drug-likeness (QED) is 0.254. The maximum absolute atomic E-state index is 8.52. The zero-order chi connectivity index (χ0) is 10.7. The molecule has 3 radical (unpaired) electrons. The molecule has 0 saturated carbocycles. The predicted molar refractivity (Wildman–Crippen MR) is 52.5 cm³/mol. The molecule has 83 valence electrons. The molecule has 0 N–H and O–H groups in total. The number of hydrogen-bond donors (Lipinski definition) is 0. The van der Waals surface area contributed by atoms with E-state index >= 15 is 0 Å². The second kappa shape index (κ2) is 42.7. The van der Waals surface area contributed by atoms with Crippen LogP contribution in [0.2, 0.25) is 0 Å². The SMILES string of the molecule is O=[Si]([O-])[O-].O=[Si]([O-])[O-].O=[Si]([O-])[O-].[Al+3].[Al+3].[B].[Ba+2].[Ba+2].[H-].[H-].[H-].[H-]. The Morgan fingerprint density at radius 2 is 0.588 bits per heavy atom. The summed E-state index contributed by atoms with van der Waals surface area (Å²) >= 11 is 0. The minimum atomic E-state index is -3.63. The Morgan fingerprint density at radius 3 is 0.588 bits per heavy atom. The first-order chi connectivity index (χ1) is 5.20. The molecule has 0 aromatic carbocycles. The molecule has 0 atom stereocenters. The van der Waals surface area contributed by atoms with Gasteiger partial charge in [-0.3, -0.25) is 0 Å². The van der Waals surface area contributed by atoms with Crippen LogP contribution in [0, 0.1) is 0 Å². The summed E-state index contributed by atoms with van der Waals surface area (Å²) in [6, 6.07) is 0. The van der Waals surface area contributed by atoms with Crippen molar-refractivity contribution >= 4 is 168 Å². The van der Waals surface area contributed by atoms with Gasteiger partial charge >= 0.3 is 132 Å². The predicted octanol–water partition coefficient (Wildman–Crippen LogP) is -10.1. The third-order valence-corrected chi connectivity index (χ3v) is 0. The van der Waals surface area contributed by atoms with E-state index in [1.54, 1.807) is 0 Å². The van der Waals surface area contributed by atoms with Gasteiger partial charge in [0.25, 0.3) is 0 Å². The molecule has 17 heavy (non-hydrogen) atoms. The minimum absolute atomic E-state index is 0. The molecule has 0 unspecified atom stereocenters. The summed E-state index contributed by atoms with van der Waals surface area (Å²) in [5.74, 6) is 0. The standard InChI is InChI=1S/2Al.B.2Ba.3O3Si.4H/c;;;;;3*1-4(2)3;;;;/q2*+3;;2*+2;3*-2;4*-1. The van der Waals surface area contributed by atoms with E-state index in [0.29, 0.717) is 0 Å². The van der Waals surface area contributed by atoms with E-state index in [9.17, 15) is 0 Å². The van der Waals surface area contributed by atoms with Crippen LogP contribution in [0.4, 0.5) is 0 Å². The molecule has 0 aromatic heterocycles. The maximum atomic E-state index is 8.52. The van der Waals surface area contributed by atoms with Gasteiger partial charge in [-0.2, -0.15) is 0 Å². The van der Waals surface area contributed by atoms with Crippen molar-refractivity contribution in [3.05, 3.63) is 0 Å². The zero-order valence-corrected chi connectivity index (χ0v) is 22.5. The van der Waals surface area contributed by atoms with Gasteiger partial charge in [-0.15, -0.1) is 0 Å². The molecule has 0 aliphatic rings. The van der Waals surface area contributed by atoms with Crippen LogP contribution in [0.5, 0.6) is 0 Å². The summed E-state index contributed by atoms with van der Waals surface area (Å²) in [7, 11) is -10.9. The Balaban J connectivity index is -0.00000000476. The molecule has 0 fully saturated rings. The third kappa shape index (κ3) is 575. The molecule has 0 heterocycles. The van der Waals surface area contributed by atoms with Crippen LogP contribution in [-0.2, 0) is 13.4 Å². The molecule has 0 aliphatic carbocycles. The van der Waals surface area contributed by atoms with Crippen LogP contribution in [0.3, 0.4) is 0 Å². The van der Waals surface area contributed by atoms with Gasteiger partial charge in [0.2, 0.25) is 0 Å². The van der Waals surface area contributed by atoms with Gasteiger partial charge in [0.15, 0.2) is 0 Å². The van der Waals surface area contributed by atoms with E-state index in [1.165, 1.54) is 0 Å². The first-order valence-electron chi connectivity index (χ1n) is 1.84. The van der Waals surface area contributed by atoms with Crippen molar-refractivity contribution in [2.45, 2.75) is 0 Å². The van der Waals surface area contributed by atoms with Gasteiger partial charge in [0.1, 0.15) is 0 Å². The fraction of sp³-hybridized carbons (Fsp3) is 0. The molecule has 0 aliphatic heterocycles. The molecule has 0 saturated heterocycles. The fourth-order valence-electron chi connectivity index (χ4n) is 0. The van der Waals surface area contributed by atoms with Crippen LogP contribution in [0.15, 0.2) is 0 Å². The Labute approximate surface area is 212 Å². The first kappa shape index (κ1) is 50.1. The number of hydrogen-bond acceptors (Lipinski definition) is 9. The summed E-state index contributed by atoms with van der Waals surface area (Å²) in [5.41, 5.74) is 0. The Kier molecular flexibility index (Phi) is 126. The summed E-state index contributed by atoms with van der Waals surface area (Å²) < 4.78 is 25.6. The summed E-state index contributed by atoms with van der Waals surface area (Å²) in [6.07, 6.45) is 0. The van der Waals surface area contributed by atoms with Crippen molar-refractivity contribution in [2.24, 2.45) is 0 Å². The third-order valence-electron chi connectivity index (χ3n) is 0. The van der Waals surface area contributed by atoms with Crippen LogP contribution < -0.4 is 28.8 Å². The van der Waals surface area contributed by atoms with Crippen molar-refractivity contribution in [1.29, 1.82) is 0 Å². The van der Waals surface area contributed by atoms with E-state index in [1.807, 2.05) is 0 Å². The molecular weight excluding hydrogens is 568 g/mol. The van der Waals surface area contributed by atoms with E-state index in [-0.39, 0.29) is 147 Å².